The summed E-state index contributed by atoms with van der Waals surface area (Å²) in [5.74, 6) is 1.30. The Hall–Kier alpha value is -2.86. The topological polar surface area (TPSA) is 68.5 Å². The van der Waals surface area contributed by atoms with Crippen molar-refractivity contribution in [2.45, 2.75) is 33.4 Å². The summed E-state index contributed by atoms with van der Waals surface area (Å²) < 4.78 is 11.1. The van der Waals surface area contributed by atoms with Crippen molar-refractivity contribution in [3.05, 3.63) is 64.5 Å². The number of aromatic nitrogens is 2. The van der Waals surface area contributed by atoms with Gasteiger partial charge < -0.3 is 14.2 Å². The zero-order valence-electron chi connectivity index (χ0n) is 16.3. The van der Waals surface area contributed by atoms with E-state index in [2.05, 4.69) is 16.2 Å². The summed E-state index contributed by atoms with van der Waals surface area (Å²) >= 11 is 5.89. The van der Waals surface area contributed by atoms with Crippen LogP contribution in [0.5, 0.6) is 5.75 Å². The normalized spacial score (nSPS) is 11.9. The van der Waals surface area contributed by atoms with Crippen LogP contribution in [0.2, 0.25) is 5.02 Å². The maximum atomic E-state index is 12.6. The van der Waals surface area contributed by atoms with Gasteiger partial charge in [0.25, 0.3) is 5.91 Å². The Morgan fingerprint density at radius 1 is 1.18 bits per heavy atom. The molecule has 1 heterocycles. The van der Waals surface area contributed by atoms with E-state index >= 15 is 0 Å². The number of aryl methyl sites for hydroxylation is 2. The van der Waals surface area contributed by atoms with Crippen LogP contribution in [0.3, 0.4) is 0 Å². The maximum Gasteiger partial charge on any atom is 0.263 e. The van der Waals surface area contributed by atoms with Gasteiger partial charge in [0.15, 0.2) is 6.10 Å². The van der Waals surface area contributed by atoms with Crippen LogP contribution in [0, 0.1) is 13.8 Å². The van der Waals surface area contributed by atoms with E-state index in [0.29, 0.717) is 22.5 Å². The lowest BCUT2D eigenvalue weighted by molar-refractivity contribution is -0.137. The molecule has 1 atom stereocenters. The molecule has 0 radical (unpaired) electrons. The Balaban J connectivity index is 1.63. The monoisotopic (exact) mass is 399 g/mol. The van der Waals surface area contributed by atoms with Gasteiger partial charge in [-0.2, -0.15) is 4.98 Å². The lowest BCUT2D eigenvalue weighted by Gasteiger charge is -2.21. The van der Waals surface area contributed by atoms with E-state index in [-0.39, 0.29) is 12.5 Å². The standard InChI is InChI=1S/C21H22ClN3O3/c1-13-9-14(2)11-18(10-13)27-15(3)21(26)25(4)12-19-23-20(24-28-19)16-5-7-17(22)8-6-16/h5-11,15H,12H2,1-4H3. The SMILES string of the molecule is Cc1cc(C)cc(OC(C)C(=O)N(C)Cc2nc(-c3ccc(Cl)cc3)no2)c1. The lowest BCUT2D eigenvalue weighted by Crippen LogP contribution is -2.37. The molecule has 3 rings (SSSR count). The van der Waals surface area contributed by atoms with Crippen LogP contribution in [-0.4, -0.2) is 34.1 Å². The smallest absolute Gasteiger partial charge is 0.263 e. The van der Waals surface area contributed by atoms with Crippen molar-refractivity contribution in [3.8, 4) is 17.1 Å². The molecule has 0 bridgehead atoms. The van der Waals surface area contributed by atoms with E-state index in [1.165, 1.54) is 4.90 Å². The number of hydrogen-bond acceptors (Lipinski definition) is 5. The summed E-state index contributed by atoms with van der Waals surface area (Å²) in [6, 6.07) is 13.0. The predicted octanol–water partition coefficient (Wildman–Crippen LogP) is 4.43. The van der Waals surface area contributed by atoms with Gasteiger partial charge in [0.1, 0.15) is 5.75 Å². The minimum absolute atomic E-state index is 0.176. The van der Waals surface area contributed by atoms with Crippen molar-refractivity contribution in [2.24, 2.45) is 0 Å². The van der Waals surface area contributed by atoms with E-state index in [0.717, 1.165) is 16.7 Å². The van der Waals surface area contributed by atoms with Crippen LogP contribution in [0.25, 0.3) is 11.4 Å². The third-order valence-corrected chi connectivity index (χ3v) is 4.43. The average Bonchev–Trinajstić information content (AvgIpc) is 3.09. The fourth-order valence-electron chi connectivity index (χ4n) is 2.88. The lowest BCUT2D eigenvalue weighted by atomic mass is 10.1. The number of carbonyl (C=O) groups excluding carboxylic acids is 1. The molecule has 1 unspecified atom stereocenters. The summed E-state index contributed by atoms with van der Waals surface area (Å²) in [7, 11) is 1.68. The fraction of sp³-hybridized carbons (Fsp3) is 0.286. The van der Waals surface area contributed by atoms with E-state index in [9.17, 15) is 4.79 Å². The van der Waals surface area contributed by atoms with Crippen molar-refractivity contribution >= 4 is 17.5 Å². The average molecular weight is 400 g/mol. The molecular formula is C21H22ClN3O3. The summed E-state index contributed by atoms with van der Waals surface area (Å²) in [6.45, 7) is 5.90. The van der Waals surface area contributed by atoms with Crippen LogP contribution in [0.4, 0.5) is 0 Å². The molecule has 3 aromatic rings. The Kier molecular flexibility index (Phi) is 5.99. The molecule has 2 aromatic carbocycles. The highest BCUT2D eigenvalue weighted by Gasteiger charge is 2.21. The van der Waals surface area contributed by atoms with Gasteiger partial charge in [-0.25, -0.2) is 0 Å². The van der Waals surface area contributed by atoms with Gasteiger partial charge in [-0.15, -0.1) is 0 Å². The van der Waals surface area contributed by atoms with E-state index in [1.54, 1.807) is 26.1 Å². The minimum atomic E-state index is -0.634. The summed E-state index contributed by atoms with van der Waals surface area (Å²) in [5.41, 5.74) is 2.96. The van der Waals surface area contributed by atoms with Crippen LogP contribution < -0.4 is 4.74 Å². The zero-order chi connectivity index (χ0) is 20.3. The first-order chi connectivity index (χ1) is 13.3. The van der Waals surface area contributed by atoms with Crippen molar-refractivity contribution < 1.29 is 14.1 Å². The molecule has 1 aromatic heterocycles. The quantitative estimate of drug-likeness (QED) is 0.613. The molecule has 0 aliphatic carbocycles. The number of carbonyl (C=O) groups is 1. The van der Waals surface area contributed by atoms with Crippen molar-refractivity contribution in [1.29, 1.82) is 0 Å². The van der Waals surface area contributed by atoms with Crippen LogP contribution in [-0.2, 0) is 11.3 Å². The molecule has 0 saturated heterocycles. The molecule has 0 spiro atoms. The summed E-state index contributed by atoms with van der Waals surface area (Å²) in [5, 5.41) is 4.60. The Morgan fingerprint density at radius 3 is 2.46 bits per heavy atom. The van der Waals surface area contributed by atoms with Crippen molar-refractivity contribution in [2.75, 3.05) is 7.05 Å². The second-order valence-electron chi connectivity index (χ2n) is 6.80. The molecule has 0 N–H and O–H groups in total. The number of likely N-dealkylation sites (N-methyl/N-ethyl adjacent to an activating group) is 1. The third kappa shape index (κ3) is 4.89. The number of benzene rings is 2. The first kappa shape index (κ1) is 19.9. The largest absolute Gasteiger partial charge is 0.481 e. The maximum absolute atomic E-state index is 12.6. The van der Waals surface area contributed by atoms with Gasteiger partial charge in [0, 0.05) is 17.6 Å². The molecule has 0 fully saturated rings. The van der Waals surface area contributed by atoms with E-state index in [1.807, 2.05) is 38.1 Å². The van der Waals surface area contributed by atoms with Gasteiger partial charge >= 0.3 is 0 Å². The molecule has 28 heavy (non-hydrogen) atoms. The molecular weight excluding hydrogens is 378 g/mol. The first-order valence-corrected chi connectivity index (χ1v) is 9.28. The number of hydrogen-bond donors (Lipinski definition) is 0. The number of rotatable bonds is 6. The number of amides is 1. The highest BCUT2D eigenvalue weighted by Crippen LogP contribution is 2.20. The molecule has 7 heteroatoms. The summed E-state index contributed by atoms with van der Waals surface area (Å²) in [4.78, 5) is 18.5. The highest BCUT2D eigenvalue weighted by molar-refractivity contribution is 6.30. The first-order valence-electron chi connectivity index (χ1n) is 8.90. The van der Waals surface area contributed by atoms with E-state index < -0.39 is 6.10 Å². The Morgan fingerprint density at radius 2 is 1.82 bits per heavy atom. The van der Waals surface area contributed by atoms with Crippen molar-refractivity contribution in [1.82, 2.24) is 15.0 Å². The van der Waals surface area contributed by atoms with Crippen LogP contribution in [0.1, 0.15) is 23.9 Å². The molecule has 0 aliphatic heterocycles. The van der Waals surface area contributed by atoms with Crippen LogP contribution in [0.15, 0.2) is 47.0 Å². The van der Waals surface area contributed by atoms with Gasteiger partial charge in [-0.05, 0) is 68.3 Å². The van der Waals surface area contributed by atoms with Crippen molar-refractivity contribution in [3.63, 3.8) is 0 Å². The zero-order valence-corrected chi connectivity index (χ0v) is 17.0. The molecule has 0 saturated carbocycles. The Bertz CT molecular complexity index is 949. The van der Waals surface area contributed by atoms with Gasteiger partial charge in [0.2, 0.25) is 11.7 Å². The minimum Gasteiger partial charge on any atom is -0.481 e. The second-order valence-corrected chi connectivity index (χ2v) is 7.23. The van der Waals surface area contributed by atoms with Gasteiger partial charge in [-0.3, -0.25) is 4.79 Å². The molecule has 6 nitrogen and oxygen atoms in total. The van der Waals surface area contributed by atoms with Gasteiger partial charge in [0.05, 0.1) is 6.54 Å². The third-order valence-electron chi connectivity index (χ3n) is 4.17. The fourth-order valence-corrected chi connectivity index (χ4v) is 3.01. The number of ether oxygens (including phenoxy) is 1. The molecule has 146 valence electrons. The van der Waals surface area contributed by atoms with Crippen LogP contribution >= 0.6 is 11.6 Å². The van der Waals surface area contributed by atoms with E-state index in [4.69, 9.17) is 20.9 Å². The predicted molar refractivity (Wildman–Crippen MR) is 107 cm³/mol. The Labute approximate surface area is 169 Å². The van der Waals surface area contributed by atoms with Gasteiger partial charge in [-0.1, -0.05) is 22.8 Å². The highest BCUT2D eigenvalue weighted by atomic mass is 35.5. The number of halogens is 1. The molecule has 0 aliphatic rings. The second kappa shape index (κ2) is 8.44. The summed E-state index contributed by atoms with van der Waals surface area (Å²) in [6.07, 6.45) is -0.634. The molecule has 1 amide bonds. The number of nitrogens with zero attached hydrogens (tertiary/aromatic N) is 3.